The summed E-state index contributed by atoms with van der Waals surface area (Å²) in [5.41, 5.74) is 0.946. The van der Waals surface area contributed by atoms with Gasteiger partial charge in [0.15, 0.2) is 0 Å². The summed E-state index contributed by atoms with van der Waals surface area (Å²) in [4.78, 5) is 14.3. The van der Waals surface area contributed by atoms with E-state index in [0.717, 1.165) is 35.4 Å². The predicted molar refractivity (Wildman–Crippen MR) is 81.8 cm³/mol. The van der Waals surface area contributed by atoms with Gasteiger partial charge in [0.05, 0.1) is 7.11 Å². The van der Waals surface area contributed by atoms with Crippen molar-refractivity contribution in [1.29, 1.82) is 0 Å². The van der Waals surface area contributed by atoms with E-state index >= 15 is 0 Å². The molecule has 0 heterocycles. The summed E-state index contributed by atoms with van der Waals surface area (Å²) in [5, 5.41) is 0. The average Bonchev–Trinajstić information content (AvgIpc) is 2.40. The minimum absolute atomic E-state index is 0.253. The van der Waals surface area contributed by atoms with E-state index in [1.54, 1.807) is 7.11 Å². The highest BCUT2D eigenvalue weighted by molar-refractivity contribution is 9.10. The number of rotatable bonds is 8. The molecule has 0 spiro atoms. The Morgan fingerprint density at radius 3 is 2.58 bits per heavy atom. The van der Waals surface area contributed by atoms with Crippen molar-refractivity contribution in [2.75, 3.05) is 26.7 Å². The van der Waals surface area contributed by atoms with Gasteiger partial charge in [-0.05, 0) is 31.3 Å². The van der Waals surface area contributed by atoms with Crippen LogP contribution in [0.3, 0.4) is 0 Å². The summed E-state index contributed by atoms with van der Waals surface area (Å²) >= 11 is 3.42. The lowest BCUT2D eigenvalue weighted by atomic mass is 10.1. The summed E-state index contributed by atoms with van der Waals surface area (Å²) in [6.07, 6.45) is 1.03. The van der Waals surface area contributed by atoms with Crippen LogP contribution in [0.2, 0.25) is 0 Å². The zero-order chi connectivity index (χ0) is 14.3. The minimum atomic E-state index is 0.253. The van der Waals surface area contributed by atoms with Crippen molar-refractivity contribution in [3.05, 3.63) is 28.2 Å². The number of carbonyl (C=O) groups is 1. The first-order valence-corrected chi connectivity index (χ1v) is 7.46. The normalized spacial score (nSPS) is 10.8. The lowest BCUT2D eigenvalue weighted by Gasteiger charge is -2.17. The fraction of sp³-hybridized carbons (Fsp3) is 0.533. The van der Waals surface area contributed by atoms with Crippen LogP contribution >= 0.6 is 15.9 Å². The van der Waals surface area contributed by atoms with Gasteiger partial charge in [-0.2, -0.15) is 0 Å². The molecular formula is C15H22BrNO2. The van der Waals surface area contributed by atoms with Gasteiger partial charge in [0, 0.05) is 29.4 Å². The molecule has 0 fully saturated rings. The molecule has 3 nitrogen and oxygen atoms in total. The van der Waals surface area contributed by atoms with Crippen LogP contribution in [0.1, 0.15) is 25.8 Å². The Labute approximate surface area is 124 Å². The standard InChI is InChI=1S/C15H22BrNO2/c1-4-17(5-2)9-8-14(18)11-12-10-13(16)6-7-15(12)19-3/h6-7,10H,4-5,8-9,11H2,1-3H3. The van der Waals surface area contributed by atoms with Crippen molar-refractivity contribution >= 4 is 21.7 Å². The van der Waals surface area contributed by atoms with Crippen LogP contribution in [0, 0.1) is 0 Å². The van der Waals surface area contributed by atoms with Crippen LogP contribution in [0.25, 0.3) is 0 Å². The molecule has 0 bridgehead atoms. The maximum Gasteiger partial charge on any atom is 0.138 e. The van der Waals surface area contributed by atoms with Gasteiger partial charge < -0.3 is 9.64 Å². The number of halogens is 1. The minimum Gasteiger partial charge on any atom is -0.496 e. The first-order valence-electron chi connectivity index (χ1n) is 6.67. The van der Waals surface area contributed by atoms with Crippen LogP contribution in [0.15, 0.2) is 22.7 Å². The van der Waals surface area contributed by atoms with Crippen LogP contribution in [0.4, 0.5) is 0 Å². The number of hydrogen-bond acceptors (Lipinski definition) is 3. The van der Waals surface area contributed by atoms with Gasteiger partial charge >= 0.3 is 0 Å². The Bertz CT molecular complexity index is 417. The van der Waals surface area contributed by atoms with Gasteiger partial charge in [0.1, 0.15) is 11.5 Å². The third kappa shape index (κ3) is 5.33. The van der Waals surface area contributed by atoms with E-state index in [1.165, 1.54) is 0 Å². The van der Waals surface area contributed by atoms with Gasteiger partial charge in [0.25, 0.3) is 0 Å². The van der Waals surface area contributed by atoms with Gasteiger partial charge in [-0.25, -0.2) is 0 Å². The largest absolute Gasteiger partial charge is 0.496 e. The van der Waals surface area contributed by atoms with Gasteiger partial charge in [0.2, 0.25) is 0 Å². The summed E-state index contributed by atoms with van der Waals surface area (Å²) < 4.78 is 6.26. The van der Waals surface area contributed by atoms with Gasteiger partial charge in [-0.3, -0.25) is 4.79 Å². The second-order valence-electron chi connectivity index (χ2n) is 4.45. The fourth-order valence-electron chi connectivity index (χ4n) is 2.01. The number of hydrogen-bond donors (Lipinski definition) is 0. The third-order valence-electron chi connectivity index (χ3n) is 3.23. The van der Waals surface area contributed by atoms with E-state index in [2.05, 4.69) is 34.7 Å². The molecule has 0 amide bonds. The van der Waals surface area contributed by atoms with E-state index < -0.39 is 0 Å². The molecule has 0 atom stereocenters. The maximum atomic E-state index is 12.0. The number of ketones is 1. The van der Waals surface area contributed by atoms with E-state index in [-0.39, 0.29) is 5.78 Å². The molecule has 19 heavy (non-hydrogen) atoms. The molecule has 1 aromatic rings. The predicted octanol–water partition coefficient (Wildman–Crippen LogP) is 3.30. The molecule has 0 saturated carbocycles. The van der Waals surface area contributed by atoms with Crippen molar-refractivity contribution < 1.29 is 9.53 Å². The molecule has 106 valence electrons. The molecule has 0 aliphatic heterocycles. The molecule has 0 aliphatic rings. The SMILES string of the molecule is CCN(CC)CCC(=O)Cc1cc(Br)ccc1OC. The Morgan fingerprint density at radius 2 is 2.00 bits per heavy atom. The van der Waals surface area contributed by atoms with Crippen LogP contribution in [0.5, 0.6) is 5.75 Å². The zero-order valence-electron chi connectivity index (χ0n) is 11.9. The molecule has 0 radical (unpaired) electrons. The molecule has 1 aromatic carbocycles. The fourth-order valence-corrected chi connectivity index (χ4v) is 2.42. The topological polar surface area (TPSA) is 29.5 Å². The number of methoxy groups -OCH3 is 1. The number of ether oxygens (including phenoxy) is 1. The molecule has 0 N–H and O–H groups in total. The van der Waals surface area contributed by atoms with E-state index in [1.807, 2.05) is 18.2 Å². The van der Waals surface area contributed by atoms with Crippen molar-refractivity contribution in [3.63, 3.8) is 0 Å². The quantitative estimate of drug-likeness (QED) is 0.733. The lowest BCUT2D eigenvalue weighted by Crippen LogP contribution is -2.26. The highest BCUT2D eigenvalue weighted by Gasteiger charge is 2.10. The van der Waals surface area contributed by atoms with Gasteiger partial charge in [-0.15, -0.1) is 0 Å². The third-order valence-corrected chi connectivity index (χ3v) is 3.72. The Hall–Kier alpha value is -0.870. The summed E-state index contributed by atoms with van der Waals surface area (Å²) in [6, 6.07) is 5.76. The smallest absolute Gasteiger partial charge is 0.138 e. The Balaban J connectivity index is 2.59. The van der Waals surface area contributed by atoms with Gasteiger partial charge in [-0.1, -0.05) is 29.8 Å². The molecule has 4 heteroatoms. The first kappa shape index (κ1) is 16.2. The molecule has 1 rings (SSSR count). The van der Waals surface area contributed by atoms with E-state index in [4.69, 9.17) is 4.74 Å². The Kier molecular flexibility index (Phi) is 7.10. The van der Waals surface area contributed by atoms with Crippen LogP contribution < -0.4 is 4.74 Å². The average molecular weight is 328 g/mol. The molecule has 0 aromatic heterocycles. The van der Waals surface area contributed by atoms with Crippen LogP contribution in [-0.2, 0) is 11.2 Å². The maximum absolute atomic E-state index is 12.0. The highest BCUT2D eigenvalue weighted by Crippen LogP contribution is 2.23. The van der Waals surface area contributed by atoms with E-state index in [9.17, 15) is 4.79 Å². The molecule has 0 saturated heterocycles. The summed E-state index contributed by atoms with van der Waals surface area (Å²) in [7, 11) is 1.63. The zero-order valence-corrected chi connectivity index (χ0v) is 13.5. The molecule has 0 aliphatic carbocycles. The van der Waals surface area contributed by atoms with Crippen molar-refractivity contribution in [2.24, 2.45) is 0 Å². The first-order chi connectivity index (χ1) is 9.10. The molecular weight excluding hydrogens is 306 g/mol. The van der Waals surface area contributed by atoms with E-state index in [0.29, 0.717) is 12.8 Å². The van der Waals surface area contributed by atoms with Crippen molar-refractivity contribution in [3.8, 4) is 5.75 Å². The second-order valence-corrected chi connectivity index (χ2v) is 5.36. The second kappa shape index (κ2) is 8.33. The summed E-state index contributed by atoms with van der Waals surface area (Å²) in [5.74, 6) is 1.03. The van der Waals surface area contributed by atoms with Crippen molar-refractivity contribution in [2.45, 2.75) is 26.7 Å². The molecule has 0 unspecified atom stereocenters. The number of carbonyl (C=O) groups excluding carboxylic acids is 1. The van der Waals surface area contributed by atoms with Crippen molar-refractivity contribution in [1.82, 2.24) is 4.90 Å². The lowest BCUT2D eigenvalue weighted by molar-refractivity contribution is -0.118. The number of nitrogens with zero attached hydrogens (tertiary/aromatic N) is 1. The number of Topliss-reactive ketones (excluding diaryl/α,β-unsaturated/α-hetero) is 1. The van der Waals surface area contributed by atoms with Crippen LogP contribution in [-0.4, -0.2) is 37.4 Å². The summed E-state index contributed by atoms with van der Waals surface area (Å²) in [6.45, 7) is 7.05. The number of benzene rings is 1. The highest BCUT2D eigenvalue weighted by atomic mass is 79.9. The monoisotopic (exact) mass is 327 g/mol. The Morgan fingerprint density at radius 1 is 1.32 bits per heavy atom.